The summed E-state index contributed by atoms with van der Waals surface area (Å²) in [7, 11) is 1.83. The van der Waals surface area contributed by atoms with E-state index in [1.54, 1.807) is 11.0 Å². The summed E-state index contributed by atoms with van der Waals surface area (Å²) in [6.45, 7) is 2.00. The van der Waals surface area contributed by atoms with Crippen LogP contribution in [0.15, 0.2) is 24.5 Å². The maximum Gasteiger partial charge on any atom is 0.182 e. The van der Waals surface area contributed by atoms with Gasteiger partial charge in [0.15, 0.2) is 5.82 Å². The second-order valence-electron chi connectivity index (χ2n) is 3.23. The second-order valence-corrected chi connectivity index (χ2v) is 3.63. The van der Waals surface area contributed by atoms with E-state index in [9.17, 15) is 0 Å². The Hall–Kier alpha value is -1.35. The Morgan fingerprint density at radius 3 is 2.71 bits per heavy atom. The van der Waals surface area contributed by atoms with Gasteiger partial charge in [-0.25, -0.2) is 4.98 Å². The van der Waals surface area contributed by atoms with Gasteiger partial charge < -0.3 is 0 Å². The van der Waals surface area contributed by atoms with E-state index in [2.05, 4.69) is 10.1 Å². The molecule has 0 spiro atoms. The summed E-state index contributed by atoms with van der Waals surface area (Å²) in [5.74, 6) is 0.664. The van der Waals surface area contributed by atoms with Crippen LogP contribution in [0, 0.1) is 6.92 Å². The summed E-state index contributed by atoms with van der Waals surface area (Å²) in [6, 6.07) is 5.85. The van der Waals surface area contributed by atoms with Gasteiger partial charge in [0.2, 0.25) is 0 Å². The van der Waals surface area contributed by atoms with Gasteiger partial charge in [-0.15, -0.1) is 0 Å². The van der Waals surface area contributed by atoms with E-state index in [4.69, 9.17) is 11.6 Å². The average Bonchev–Trinajstić information content (AvgIpc) is 2.51. The number of hydrogen-bond donors (Lipinski definition) is 0. The number of aromatic nitrogens is 3. The smallest absolute Gasteiger partial charge is 0.182 e. The molecule has 0 aliphatic heterocycles. The summed E-state index contributed by atoms with van der Waals surface area (Å²) < 4.78 is 1.66. The van der Waals surface area contributed by atoms with Crippen molar-refractivity contribution in [1.82, 2.24) is 14.8 Å². The van der Waals surface area contributed by atoms with Gasteiger partial charge in [0.1, 0.15) is 6.33 Å². The first-order valence-corrected chi connectivity index (χ1v) is 4.67. The molecule has 2 aromatic rings. The topological polar surface area (TPSA) is 30.7 Å². The van der Waals surface area contributed by atoms with Crippen molar-refractivity contribution in [3.05, 3.63) is 35.1 Å². The number of nitrogens with zero attached hydrogens (tertiary/aromatic N) is 3. The van der Waals surface area contributed by atoms with Crippen LogP contribution in [0.1, 0.15) is 5.56 Å². The lowest BCUT2D eigenvalue weighted by atomic mass is 10.1. The highest BCUT2D eigenvalue weighted by Gasteiger charge is 2.07. The van der Waals surface area contributed by atoms with Gasteiger partial charge in [0.25, 0.3) is 0 Å². The second kappa shape index (κ2) is 3.42. The monoisotopic (exact) mass is 207 g/mol. The van der Waals surface area contributed by atoms with Crippen LogP contribution in [0.25, 0.3) is 11.4 Å². The van der Waals surface area contributed by atoms with Crippen molar-refractivity contribution in [2.45, 2.75) is 6.92 Å². The molecule has 14 heavy (non-hydrogen) atoms. The predicted molar refractivity (Wildman–Crippen MR) is 56.2 cm³/mol. The summed E-state index contributed by atoms with van der Waals surface area (Å²) in [5, 5.41) is 4.88. The average molecular weight is 208 g/mol. The molecule has 0 N–H and O–H groups in total. The Morgan fingerprint density at radius 2 is 2.14 bits per heavy atom. The lowest BCUT2D eigenvalue weighted by Gasteiger charge is -2.00. The van der Waals surface area contributed by atoms with Gasteiger partial charge >= 0.3 is 0 Å². The number of hydrogen-bond acceptors (Lipinski definition) is 2. The van der Waals surface area contributed by atoms with Crippen molar-refractivity contribution >= 4 is 11.6 Å². The lowest BCUT2D eigenvalue weighted by Crippen LogP contribution is -1.88. The van der Waals surface area contributed by atoms with Gasteiger partial charge in [0, 0.05) is 12.6 Å². The van der Waals surface area contributed by atoms with Crippen LogP contribution in [0.2, 0.25) is 5.02 Å². The molecule has 0 unspecified atom stereocenters. The quantitative estimate of drug-likeness (QED) is 0.719. The zero-order valence-corrected chi connectivity index (χ0v) is 8.78. The summed E-state index contributed by atoms with van der Waals surface area (Å²) in [6.07, 6.45) is 1.66. The van der Waals surface area contributed by atoms with Gasteiger partial charge in [-0.3, -0.25) is 4.68 Å². The molecule has 0 saturated carbocycles. The molecule has 0 aliphatic rings. The SMILES string of the molecule is Cc1ccc(-c2ncn(C)n2)c(Cl)c1. The maximum absolute atomic E-state index is 6.08. The molecule has 0 bridgehead atoms. The number of aryl methyl sites for hydroxylation is 2. The van der Waals surface area contributed by atoms with Gasteiger partial charge in [-0.05, 0) is 24.6 Å². The molecule has 2 rings (SSSR count). The Bertz CT molecular complexity index is 462. The molecule has 0 saturated heterocycles. The number of halogens is 1. The van der Waals surface area contributed by atoms with E-state index in [1.807, 2.05) is 32.2 Å². The van der Waals surface area contributed by atoms with Crippen molar-refractivity contribution in [3.8, 4) is 11.4 Å². The van der Waals surface area contributed by atoms with Crippen molar-refractivity contribution in [3.63, 3.8) is 0 Å². The largest absolute Gasteiger partial charge is 0.255 e. The first-order chi connectivity index (χ1) is 6.66. The maximum atomic E-state index is 6.08. The van der Waals surface area contributed by atoms with Crippen molar-refractivity contribution in [2.75, 3.05) is 0 Å². The van der Waals surface area contributed by atoms with Crippen molar-refractivity contribution in [2.24, 2.45) is 7.05 Å². The van der Waals surface area contributed by atoms with Crippen LogP contribution in [0.3, 0.4) is 0 Å². The first-order valence-electron chi connectivity index (χ1n) is 4.29. The molecule has 1 aromatic carbocycles. The van der Waals surface area contributed by atoms with E-state index in [-0.39, 0.29) is 0 Å². The van der Waals surface area contributed by atoms with Crippen LogP contribution < -0.4 is 0 Å². The van der Waals surface area contributed by atoms with E-state index in [0.717, 1.165) is 11.1 Å². The molecule has 3 nitrogen and oxygen atoms in total. The molecule has 1 aromatic heterocycles. The van der Waals surface area contributed by atoms with E-state index in [0.29, 0.717) is 10.8 Å². The summed E-state index contributed by atoms with van der Waals surface area (Å²) >= 11 is 6.08. The third kappa shape index (κ3) is 1.63. The molecule has 0 fully saturated rings. The van der Waals surface area contributed by atoms with Crippen LogP contribution >= 0.6 is 11.6 Å². The van der Waals surface area contributed by atoms with Crippen molar-refractivity contribution in [1.29, 1.82) is 0 Å². The lowest BCUT2D eigenvalue weighted by molar-refractivity contribution is 0.768. The zero-order chi connectivity index (χ0) is 10.1. The van der Waals surface area contributed by atoms with Crippen LogP contribution in [0.5, 0.6) is 0 Å². The Labute approximate surface area is 87.3 Å². The normalized spacial score (nSPS) is 10.5. The Morgan fingerprint density at radius 1 is 1.36 bits per heavy atom. The minimum Gasteiger partial charge on any atom is -0.255 e. The molecule has 0 radical (unpaired) electrons. The fourth-order valence-corrected chi connectivity index (χ4v) is 1.58. The zero-order valence-electron chi connectivity index (χ0n) is 8.03. The third-order valence-electron chi connectivity index (χ3n) is 1.97. The van der Waals surface area contributed by atoms with E-state index in [1.165, 1.54) is 0 Å². The highest BCUT2D eigenvalue weighted by molar-refractivity contribution is 6.33. The minimum absolute atomic E-state index is 0.664. The van der Waals surface area contributed by atoms with Crippen LogP contribution in [0.4, 0.5) is 0 Å². The molecular weight excluding hydrogens is 198 g/mol. The minimum atomic E-state index is 0.664. The molecule has 72 valence electrons. The van der Waals surface area contributed by atoms with E-state index >= 15 is 0 Å². The fourth-order valence-electron chi connectivity index (χ4n) is 1.26. The van der Waals surface area contributed by atoms with Crippen molar-refractivity contribution < 1.29 is 0 Å². The number of benzene rings is 1. The van der Waals surface area contributed by atoms with E-state index < -0.39 is 0 Å². The summed E-state index contributed by atoms with van der Waals surface area (Å²) in [5.41, 5.74) is 2.01. The number of rotatable bonds is 1. The fraction of sp³-hybridized carbons (Fsp3) is 0.200. The Kier molecular flexibility index (Phi) is 2.25. The molecule has 0 atom stereocenters. The molecule has 0 aliphatic carbocycles. The van der Waals surface area contributed by atoms with Gasteiger partial charge in [-0.2, -0.15) is 5.10 Å². The third-order valence-corrected chi connectivity index (χ3v) is 2.28. The molecule has 0 amide bonds. The van der Waals surface area contributed by atoms with Crippen LogP contribution in [-0.4, -0.2) is 14.8 Å². The predicted octanol–water partition coefficient (Wildman–Crippen LogP) is 2.44. The summed E-state index contributed by atoms with van der Waals surface area (Å²) in [4.78, 5) is 4.14. The first kappa shape index (κ1) is 9.21. The van der Waals surface area contributed by atoms with Gasteiger partial charge in [0.05, 0.1) is 5.02 Å². The highest BCUT2D eigenvalue weighted by atomic mass is 35.5. The molecule has 1 heterocycles. The molecular formula is C10H10ClN3. The Balaban J connectivity index is 2.52. The molecule has 4 heteroatoms. The van der Waals surface area contributed by atoms with Crippen LogP contribution in [-0.2, 0) is 7.05 Å². The highest BCUT2D eigenvalue weighted by Crippen LogP contribution is 2.25. The van der Waals surface area contributed by atoms with Gasteiger partial charge in [-0.1, -0.05) is 17.7 Å². The standard InChI is InChI=1S/C10H10ClN3/c1-7-3-4-8(9(11)5-7)10-12-6-14(2)13-10/h3-6H,1-2H3.